The first-order valence-electron chi connectivity index (χ1n) is 9.18. The maximum absolute atomic E-state index is 12.7. The Kier molecular flexibility index (Phi) is 2.71. The standard InChI is InChI=1S/C19H24O6/c1-8-5-18-6-9(8)3-4-11(18)19-13(12(18)15(22)23)17(2,16(24)25-19)7-10(20)14(19)21/h9-14,20-21H,1,3-7H2,2H3,(H,22,23)/t9-,10-,11-,12-,13-,14-,17-,18+,19-/m1/s1. The summed E-state index contributed by atoms with van der Waals surface area (Å²) in [6, 6.07) is 0. The molecule has 4 bridgehead atoms. The first-order chi connectivity index (χ1) is 11.7. The SMILES string of the molecule is C=C1C[C@]23C[C@H]1CC[C@H]2[C@]12OC(=O)[C@](C)(C[C@@H](O)[C@H]1O)[C@H]2[C@@H]3C(=O)O. The van der Waals surface area contributed by atoms with Crippen LogP contribution in [0.5, 0.6) is 0 Å². The summed E-state index contributed by atoms with van der Waals surface area (Å²) in [5, 5.41) is 31.6. The predicted molar refractivity (Wildman–Crippen MR) is 85.2 cm³/mol. The lowest BCUT2D eigenvalue weighted by atomic mass is 9.58. The number of hydrogen-bond acceptors (Lipinski definition) is 5. The lowest BCUT2D eigenvalue weighted by Crippen LogP contribution is -2.61. The Morgan fingerprint density at radius 1 is 1.28 bits per heavy atom. The molecule has 5 aliphatic rings. The minimum absolute atomic E-state index is 0.0520. The fourth-order valence-corrected chi connectivity index (χ4v) is 7.71. The van der Waals surface area contributed by atoms with Gasteiger partial charge in [-0.15, -0.1) is 0 Å². The topological polar surface area (TPSA) is 104 Å². The van der Waals surface area contributed by atoms with Gasteiger partial charge in [-0.2, -0.15) is 0 Å². The summed E-state index contributed by atoms with van der Waals surface area (Å²) in [4.78, 5) is 25.1. The van der Waals surface area contributed by atoms with Crippen molar-refractivity contribution in [1.82, 2.24) is 0 Å². The summed E-state index contributed by atoms with van der Waals surface area (Å²) < 4.78 is 5.87. The van der Waals surface area contributed by atoms with Crippen molar-refractivity contribution in [2.24, 2.45) is 34.5 Å². The quantitative estimate of drug-likeness (QED) is 0.484. The van der Waals surface area contributed by atoms with Crippen LogP contribution in [-0.2, 0) is 14.3 Å². The molecule has 6 heteroatoms. The monoisotopic (exact) mass is 348 g/mol. The number of hydrogen-bond donors (Lipinski definition) is 3. The summed E-state index contributed by atoms with van der Waals surface area (Å²) >= 11 is 0. The number of allylic oxidation sites excluding steroid dienone is 1. The highest BCUT2D eigenvalue weighted by Gasteiger charge is 2.85. The van der Waals surface area contributed by atoms with Gasteiger partial charge in [-0.05, 0) is 50.4 Å². The molecule has 1 saturated heterocycles. The molecule has 6 nitrogen and oxygen atoms in total. The van der Waals surface area contributed by atoms with Crippen LogP contribution in [0.25, 0.3) is 0 Å². The molecule has 9 atom stereocenters. The van der Waals surface area contributed by atoms with Crippen LogP contribution in [0.15, 0.2) is 12.2 Å². The van der Waals surface area contributed by atoms with Gasteiger partial charge in [-0.25, -0.2) is 0 Å². The number of ether oxygens (including phenoxy) is 1. The zero-order valence-electron chi connectivity index (χ0n) is 14.3. The van der Waals surface area contributed by atoms with Crippen LogP contribution in [-0.4, -0.2) is 45.1 Å². The number of fused-ring (bicyclic) bond motifs is 1. The molecule has 1 heterocycles. The van der Waals surface area contributed by atoms with E-state index in [0.29, 0.717) is 18.8 Å². The van der Waals surface area contributed by atoms with Gasteiger partial charge in [0.05, 0.1) is 17.4 Å². The maximum Gasteiger partial charge on any atom is 0.313 e. The van der Waals surface area contributed by atoms with Gasteiger partial charge in [0, 0.05) is 11.8 Å². The zero-order chi connectivity index (χ0) is 17.9. The predicted octanol–water partition coefficient (Wildman–Crippen LogP) is 1.11. The van der Waals surface area contributed by atoms with Crippen molar-refractivity contribution in [2.75, 3.05) is 0 Å². The number of carboxylic acid groups (broad SMARTS) is 1. The van der Waals surface area contributed by atoms with Crippen LogP contribution in [0.2, 0.25) is 0 Å². The van der Waals surface area contributed by atoms with E-state index in [1.165, 1.54) is 0 Å². The van der Waals surface area contributed by atoms with Gasteiger partial charge in [0.1, 0.15) is 11.7 Å². The van der Waals surface area contributed by atoms with E-state index in [9.17, 15) is 24.9 Å². The highest BCUT2D eigenvalue weighted by Crippen LogP contribution is 2.77. The van der Waals surface area contributed by atoms with Gasteiger partial charge < -0.3 is 20.1 Å². The number of rotatable bonds is 1. The lowest BCUT2D eigenvalue weighted by molar-refractivity contribution is -0.192. The van der Waals surface area contributed by atoms with E-state index in [4.69, 9.17) is 4.74 Å². The Hall–Kier alpha value is -1.40. The molecule has 25 heavy (non-hydrogen) atoms. The largest absolute Gasteiger partial charge is 0.481 e. The average Bonchev–Trinajstić information content (AvgIpc) is 3.00. The first-order valence-corrected chi connectivity index (χ1v) is 9.18. The second-order valence-corrected chi connectivity index (χ2v) is 9.27. The molecular formula is C19H24O6. The van der Waals surface area contributed by atoms with Crippen LogP contribution < -0.4 is 0 Å². The Morgan fingerprint density at radius 2 is 2.00 bits per heavy atom. The third kappa shape index (κ3) is 1.44. The normalized spacial score (nSPS) is 58.7. The number of carbonyl (C=O) groups is 2. The molecule has 0 aromatic rings. The molecule has 1 spiro atoms. The molecule has 0 unspecified atom stereocenters. The van der Waals surface area contributed by atoms with Crippen LogP contribution in [0.1, 0.15) is 39.0 Å². The van der Waals surface area contributed by atoms with Crippen molar-refractivity contribution >= 4 is 11.9 Å². The van der Waals surface area contributed by atoms with Crippen molar-refractivity contribution in [3.05, 3.63) is 12.2 Å². The van der Waals surface area contributed by atoms with Gasteiger partial charge in [0.25, 0.3) is 0 Å². The number of esters is 1. The number of carbonyl (C=O) groups excluding carboxylic acids is 1. The minimum atomic E-state index is -1.28. The fraction of sp³-hybridized carbons (Fsp3) is 0.789. The lowest BCUT2D eigenvalue weighted by Gasteiger charge is -2.47. The van der Waals surface area contributed by atoms with E-state index in [-0.39, 0.29) is 12.3 Å². The van der Waals surface area contributed by atoms with Crippen molar-refractivity contribution in [3.63, 3.8) is 0 Å². The number of aliphatic carboxylic acids is 1. The van der Waals surface area contributed by atoms with Crippen LogP contribution in [0.3, 0.4) is 0 Å². The number of aliphatic hydroxyl groups excluding tert-OH is 2. The molecule has 4 aliphatic carbocycles. The molecule has 0 aromatic carbocycles. The number of aliphatic hydroxyl groups is 2. The molecular weight excluding hydrogens is 324 g/mol. The summed E-state index contributed by atoms with van der Waals surface area (Å²) in [7, 11) is 0. The van der Waals surface area contributed by atoms with Gasteiger partial charge in [-0.1, -0.05) is 12.2 Å². The van der Waals surface area contributed by atoms with Gasteiger partial charge >= 0.3 is 11.9 Å². The molecule has 0 radical (unpaired) electrons. The smallest absolute Gasteiger partial charge is 0.313 e. The summed E-state index contributed by atoms with van der Waals surface area (Å²) in [5.41, 5.74) is -1.77. The summed E-state index contributed by atoms with van der Waals surface area (Å²) in [5.74, 6) is -2.65. The van der Waals surface area contributed by atoms with Crippen molar-refractivity contribution in [3.8, 4) is 0 Å². The highest BCUT2D eigenvalue weighted by atomic mass is 16.6. The van der Waals surface area contributed by atoms with Crippen molar-refractivity contribution < 1.29 is 29.6 Å². The zero-order valence-corrected chi connectivity index (χ0v) is 14.3. The van der Waals surface area contributed by atoms with E-state index in [1.807, 2.05) is 0 Å². The Balaban J connectivity index is 1.78. The van der Waals surface area contributed by atoms with Crippen LogP contribution in [0.4, 0.5) is 0 Å². The van der Waals surface area contributed by atoms with Crippen LogP contribution >= 0.6 is 0 Å². The van der Waals surface area contributed by atoms with E-state index >= 15 is 0 Å². The van der Waals surface area contributed by atoms with Gasteiger partial charge in [0.15, 0.2) is 0 Å². The second-order valence-electron chi connectivity index (χ2n) is 9.27. The minimum Gasteiger partial charge on any atom is -0.481 e. The molecule has 4 saturated carbocycles. The third-order valence-electron chi connectivity index (χ3n) is 8.39. The van der Waals surface area contributed by atoms with E-state index in [2.05, 4.69) is 6.58 Å². The van der Waals surface area contributed by atoms with Crippen molar-refractivity contribution in [1.29, 1.82) is 0 Å². The Bertz CT molecular complexity index is 717. The molecule has 0 aromatic heterocycles. The Labute approximate surface area is 145 Å². The second kappa shape index (κ2) is 4.29. The third-order valence-corrected chi connectivity index (χ3v) is 8.39. The molecule has 1 aliphatic heterocycles. The molecule has 136 valence electrons. The van der Waals surface area contributed by atoms with E-state index in [1.54, 1.807) is 6.92 Å². The van der Waals surface area contributed by atoms with Crippen molar-refractivity contribution in [2.45, 2.75) is 56.8 Å². The van der Waals surface area contributed by atoms with E-state index in [0.717, 1.165) is 18.4 Å². The highest BCUT2D eigenvalue weighted by molar-refractivity contribution is 5.85. The van der Waals surface area contributed by atoms with Crippen LogP contribution in [0, 0.1) is 34.5 Å². The fourth-order valence-electron chi connectivity index (χ4n) is 7.71. The summed E-state index contributed by atoms with van der Waals surface area (Å²) in [6.45, 7) is 5.89. The first kappa shape index (κ1) is 15.8. The molecule has 5 rings (SSSR count). The molecule has 5 fully saturated rings. The van der Waals surface area contributed by atoms with Gasteiger partial charge in [0.2, 0.25) is 0 Å². The summed E-state index contributed by atoms with van der Waals surface area (Å²) in [6.07, 6.45) is 0.695. The maximum atomic E-state index is 12.7. The Morgan fingerprint density at radius 3 is 2.68 bits per heavy atom. The average molecular weight is 348 g/mol. The molecule has 3 N–H and O–H groups in total. The number of carboxylic acids is 1. The molecule has 0 amide bonds. The van der Waals surface area contributed by atoms with Gasteiger partial charge in [-0.3, -0.25) is 9.59 Å². The van der Waals surface area contributed by atoms with E-state index < -0.39 is 52.4 Å².